The Morgan fingerprint density at radius 3 is 1.41 bits per heavy atom. The van der Waals surface area contributed by atoms with E-state index < -0.39 is 6.04 Å². The molecule has 0 aromatic rings. The first kappa shape index (κ1) is 59.8. The molecular weight excluding hydrogens is 805 g/mol. The molecule has 0 bridgehead atoms. The van der Waals surface area contributed by atoms with Crippen LogP contribution in [-0.2, 0) is 38.1 Å². The van der Waals surface area contributed by atoms with Crippen molar-refractivity contribution in [3.05, 3.63) is 0 Å². The number of hydrogen-bond donors (Lipinski definition) is 0. The number of carbonyl (C=O) groups excluding carboxylic acids is 4. The smallest absolute Gasteiger partial charge is 0.323 e. The zero-order chi connectivity index (χ0) is 46.9. The van der Waals surface area contributed by atoms with Crippen LogP contribution in [0.1, 0.15) is 259 Å². The molecule has 0 aromatic carbocycles. The van der Waals surface area contributed by atoms with Crippen LogP contribution in [0, 0.1) is 0 Å². The summed E-state index contributed by atoms with van der Waals surface area (Å²) < 4.78 is 23.6. The van der Waals surface area contributed by atoms with E-state index in [0.717, 1.165) is 109 Å². The number of ether oxygens (including phenoxy) is 4. The Morgan fingerprint density at radius 1 is 0.500 bits per heavy atom. The third-order valence-corrected chi connectivity index (χ3v) is 12.9. The minimum atomic E-state index is -0.450. The van der Waals surface area contributed by atoms with Gasteiger partial charge in [0.2, 0.25) is 0 Å². The lowest BCUT2D eigenvalue weighted by Gasteiger charge is -2.22. The molecule has 0 radical (unpaired) electrons. The topological polar surface area (TPSA) is 112 Å². The fourth-order valence-electron chi connectivity index (χ4n) is 8.83. The molecule has 1 rings (SSSR count). The van der Waals surface area contributed by atoms with Crippen LogP contribution in [0.25, 0.3) is 0 Å². The lowest BCUT2D eigenvalue weighted by atomic mass is 10.0. The zero-order valence-corrected chi connectivity index (χ0v) is 42.8. The summed E-state index contributed by atoms with van der Waals surface area (Å²) in [4.78, 5) is 55.7. The average Bonchev–Trinajstić information content (AvgIpc) is 3.68. The molecule has 1 saturated heterocycles. The molecule has 0 saturated carbocycles. The number of hydrogen-bond acceptors (Lipinski definition) is 10. The molecule has 10 nitrogen and oxygen atoms in total. The number of carbonyl (C=O) groups is 4. The molecule has 0 aromatic heterocycles. The van der Waals surface area contributed by atoms with E-state index in [2.05, 4.69) is 32.6 Å². The van der Waals surface area contributed by atoms with Gasteiger partial charge >= 0.3 is 23.9 Å². The van der Waals surface area contributed by atoms with Gasteiger partial charge in [-0.2, -0.15) is 0 Å². The predicted octanol–water partition coefficient (Wildman–Crippen LogP) is 13.6. The molecule has 376 valence electrons. The van der Waals surface area contributed by atoms with E-state index in [1.165, 1.54) is 96.3 Å². The van der Waals surface area contributed by atoms with E-state index in [0.29, 0.717) is 51.9 Å². The normalized spacial score (nSPS) is 15.8. The van der Waals surface area contributed by atoms with Crippen LogP contribution < -0.4 is 0 Å². The van der Waals surface area contributed by atoms with Crippen LogP contribution in [0.2, 0.25) is 0 Å². The monoisotopic (exact) mass is 907 g/mol. The Labute approximate surface area is 394 Å². The summed E-state index contributed by atoms with van der Waals surface area (Å²) in [5.41, 5.74) is 0. The van der Waals surface area contributed by atoms with Crippen molar-refractivity contribution in [1.29, 1.82) is 0 Å². The van der Waals surface area contributed by atoms with Crippen molar-refractivity contribution in [3.63, 3.8) is 0 Å². The van der Waals surface area contributed by atoms with Crippen molar-refractivity contribution in [3.8, 4) is 0 Å². The maximum Gasteiger partial charge on any atom is 0.323 e. The molecular formula is C54H102N2O8. The van der Waals surface area contributed by atoms with Crippen molar-refractivity contribution >= 4 is 23.9 Å². The Balaban J connectivity index is 2.51. The van der Waals surface area contributed by atoms with Gasteiger partial charge < -0.3 is 23.8 Å². The molecule has 64 heavy (non-hydrogen) atoms. The van der Waals surface area contributed by atoms with Gasteiger partial charge in [0.15, 0.2) is 0 Å². The van der Waals surface area contributed by atoms with Crippen LogP contribution in [0.5, 0.6) is 0 Å². The number of likely N-dealkylation sites (tertiary alicyclic amines) is 1. The number of unbranched alkanes of at least 4 members (excludes halogenated alkanes) is 22. The molecule has 0 N–H and O–H groups in total. The third kappa shape index (κ3) is 34.2. The van der Waals surface area contributed by atoms with Crippen LogP contribution in [0.15, 0.2) is 0 Å². The molecule has 2 unspecified atom stereocenters. The van der Waals surface area contributed by atoms with Crippen molar-refractivity contribution in [1.82, 2.24) is 9.80 Å². The summed E-state index contributed by atoms with van der Waals surface area (Å²) in [6.07, 6.45) is 36.8. The first-order chi connectivity index (χ1) is 31.1. The lowest BCUT2D eigenvalue weighted by molar-refractivity contribution is -0.151. The van der Waals surface area contributed by atoms with Crippen LogP contribution in [-0.4, -0.2) is 98.4 Å². The van der Waals surface area contributed by atoms with E-state index >= 15 is 0 Å². The molecule has 1 aliphatic heterocycles. The largest absolute Gasteiger partial charge is 0.465 e. The van der Waals surface area contributed by atoms with Gasteiger partial charge in [0.1, 0.15) is 24.4 Å². The number of nitrogens with zero attached hydrogens (tertiary/aromatic N) is 2. The van der Waals surface area contributed by atoms with Gasteiger partial charge in [-0.25, -0.2) is 0 Å². The molecule has 3 atom stereocenters. The maximum atomic E-state index is 13.4. The van der Waals surface area contributed by atoms with Crippen LogP contribution in [0.4, 0.5) is 0 Å². The summed E-state index contributed by atoms with van der Waals surface area (Å²) in [6, 6.07) is -0.450. The molecule has 0 amide bonds. The number of esters is 4. The van der Waals surface area contributed by atoms with Crippen molar-refractivity contribution in [2.45, 2.75) is 283 Å². The highest BCUT2D eigenvalue weighted by Gasteiger charge is 2.39. The summed E-state index contributed by atoms with van der Waals surface area (Å²) in [7, 11) is 3.86. The summed E-state index contributed by atoms with van der Waals surface area (Å²) in [5.74, 6) is -0.636. The maximum absolute atomic E-state index is 13.4. The Kier molecular flexibility index (Phi) is 39.4. The SMILES string of the molecule is CCCCCCCCC(CCCC)OC(=O)CCCCCCCOC(=O)[C@@H]1CC(OC(=O)CCN(C)C)CN1CCCCCC(=O)OC(CCCCCCCC)CCCCCCCC. The van der Waals surface area contributed by atoms with Gasteiger partial charge in [0.25, 0.3) is 0 Å². The fourth-order valence-corrected chi connectivity index (χ4v) is 8.83. The lowest BCUT2D eigenvalue weighted by Crippen LogP contribution is -2.38. The van der Waals surface area contributed by atoms with Gasteiger partial charge in [-0.15, -0.1) is 0 Å². The molecule has 10 heteroatoms. The Hall–Kier alpha value is -2.20. The first-order valence-corrected chi connectivity index (χ1v) is 27.3. The highest BCUT2D eigenvalue weighted by Crippen LogP contribution is 2.24. The van der Waals surface area contributed by atoms with Gasteiger partial charge in [0.05, 0.1) is 13.0 Å². The number of rotatable bonds is 45. The highest BCUT2D eigenvalue weighted by molar-refractivity contribution is 5.76. The zero-order valence-electron chi connectivity index (χ0n) is 42.8. The van der Waals surface area contributed by atoms with Crippen LogP contribution >= 0.6 is 0 Å². The predicted molar refractivity (Wildman–Crippen MR) is 263 cm³/mol. The fraction of sp³-hybridized carbons (Fsp3) is 0.926. The Morgan fingerprint density at radius 2 is 0.922 bits per heavy atom. The average molecular weight is 907 g/mol. The van der Waals surface area contributed by atoms with E-state index in [4.69, 9.17) is 18.9 Å². The van der Waals surface area contributed by atoms with Crippen molar-refractivity contribution in [2.24, 2.45) is 0 Å². The van der Waals surface area contributed by atoms with E-state index in [1.807, 2.05) is 19.0 Å². The van der Waals surface area contributed by atoms with Gasteiger partial charge in [-0.1, -0.05) is 163 Å². The second-order valence-electron chi connectivity index (χ2n) is 19.4. The highest BCUT2D eigenvalue weighted by atomic mass is 16.6. The van der Waals surface area contributed by atoms with Crippen molar-refractivity contribution < 1.29 is 38.1 Å². The van der Waals surface area contributed by atoms with Gasteiger partial charge in [-0.3, -0.25) is 24.1 Å². The summed E-state index contributed by atoms with van der Waals surface area (Å²) in [6.45, 7) is 11.1. The van der Waals surface area contributed by atoms with Crippen LogP contribution in [0.3, 0.4) is 0 Å². The van der Waals surface area contributed by atoms with Crippen molar-refractivity contribution in [2.75, 3.05) is 40.3 Å². The second-order valence-corrected chi connectivity index (χ2v) is 19.4. The molecule has 1 aliphatic rings. The Bertz CT molecular complexity index is 1120. The third-order valence-electron chi connectivity index (χ3n) is 12.9. The minimum Gasteiger partial charge on any atom is -0.465 e. The quantitative estimate of drug-likeness (QED) is 0.0333. The molecule has 0 spiro atoms. The summed E-state index contributed by atoms with van der Waals surface area (Å²) >= 11 is 0. The van der Waals surface area contributed by atoms with E-state index in [-0.39, 0.29) is 42.2 Å². The van der Waals surface area contributed by atoms with E-state index in [1.54, 1.807) is 0 Å². The molecule has 1 heterocycles. The van der Waals surface area contributed by atoms with Gasteiger partial charge in [0, 0.05) is 32.4 Å². The molecule has 0 aliphatic carbocycles. The standard InChI is InChI=1S/C54H102N2O8/c1-7-11-15-18-22-28-36-47(35-14-10-4)62-51(57)39-31-25-21-26-34-44-61-54(60)50-45-49(64-53(59)41-43-55(5)6)46-56(50)42-33-27-32-40-52(58)63-48(37-29-23-19-16-12-8-2)38-30-24-20-17-13-9-3/h47-50H,7-46H2,1-6H3/t47?,49?,50-/m0/s1. The second kappa shape index (κ2) is 42.2. The van der Waals surface area contributed by atoms with Gasteiger partial charge in [-0.05, 0) is 91.3 Å². The summed E-state index contributed by atoms with van der Waals surface area (Å²) in [5, 5.41) is 0. The first-order valence-electron chi connectivity index (χ1n) is 27.3. The van der Waals surface area contributed by atoms with E-state index in [9.17, 15) is 19.2 Å². The molecule has 1 fully saturated rings. The minimum absolute atomic E-state index is 0.0296.